The van der Waals surface area contributed by atoms with Gasteiger partial charge in [-0.2, -0.15) is 0 Å². The topological polar surface area (TPSA) is 43.8 Å². The van der Waals surface area contributed by atoms with E-state index in [2.05, 4.69) is 45.7 Å². The standard InChI is InChI=1S/C18H23N3/c1-6-12-21-16(19)15(20-17(21)18(3,4)5)13(2)14-10-8-7-9-11-14/h1,7-11,13H,12,19H2,2-5H3. The molecule has 0 saturated heterocycles. The molecule has 0 spiro atoms. The van der Waals surface area contributed by atoms with Crippen molar-refractivity contribution in [1.29, 1.82) is 0 Å². The maximum atomic E-state index is 6.33. The fraction of sp³-hybridized carbons (Fsp3) is 0.389. The highest BCUT2D eigenvalue weighted by Crippen LogP contribution is 2.32. The van der Waals surface area contributed by atoms with Gasteiger partial charge in [0.25, 0.3) is 0 Å². The summed E-state index contributed by atoms with van der Waals surface area (Å²) in [6.07, 6.45) is 5.48. The summed E-state index contributed by atoms with van der Waals surface area (Å²) >= 11 is 0. The molecule has 1 aromatic carbocycles. The maximum Gasteiger partial charge on any atom is 0.128 e. The van der Waals surface area contributed by atoms with E-state index in [1.54, 1.807) is 0 Å². The van der Waals surface area contributed by atoms with Gasteiger partial charge in [0.15, 0.2) is 0 Å². The monoisotopic (exact) mass is 281 g/mol. The summed E-state index contributed by atoms with van der Waals surface area (Å²) in [6.45, 7) is 8.95. The molecule has 3 nitrogen and oxygen atoms in total. The van der Waals surface area contributed by atoms with Crippen LogP contribution in [0, 0.1) is 12.3 Å². The first-order valence-electron chi connectivity index (χ1n) is 7.21. The SMILES string of the molecule is C#CCn1c(C(C)(C)C)nc(C(C)c2ccccc2)c1N. The largest absolute Gasteiger partial charge is 0.383 e. The van der Waals surface area contributed by atoms with E-state index >= 15 is 0 Å². The number of hydrogen-bond donors (Lipinski definition) is 1. The van der Waals surface area contributed by atoms with Crippen molar-refractivity contribution in [2.75, 3.05) is 5.73 Å². The summed E-state index contributed by atoms with van der Waals surface area (Å²) in [5, 5.41) is 0. The van der Waals surface area contributed by atoms with Crippen LogP contribution in [-0.2, 0) is 12.0 Å². The normalized spacial score (nSPS) is 12.9. The van der Waals surface area contributed by atoms with Crippen LogP contribution in [0.5, 0.6) is 0 Å². The third-order valence-corrected chi connectivity index (χ3v) is 3.67. The molecule has 2 N–H and O–H groups in total. The zero-order chi connectivity index (χ0) is 15.6. The van der Waals surface area contributed by atoms with Gasteiger partial charge >= 0.3 is 0 Å². The zero-order valence-corrected chi connectivity index (χ0v) is 13.2. The summed E-state index contributed by atoms with van der Waals surface area (Å²) in [6, 6.07) is 10.3. The van der Waals surface area contributed by atoms with Crippen LogP contribution in [0.2, 0.25) is 0 Å². The predicted molar refractivity (Wildman–Crippen MR) is 88.1 cm³/mol. The number of anilines is 1. The van der Waals surface area contributed by atoms with E-state index in [9.17, 15) is 0 Å². The molecule has 0 aliphatic rings. The fourth-order valence-electron chi connectivity index (χ4n) is 2.53. The Morgan fingerprint density at radius 3 is 2.43 bits per heavy atom. The Balaban J connectivity index is 2.53. The second-order valence-corrected chi connectivity index (χ2v) is 6.38. The summed E-state index contributed by atoms with van der Waals surface area (Å²) in [7, 11) is 0. The Labute approximate surface area is 127 Å². The number of aromatic nitrogens is 2. The van der Waals surface area contributed by atoms with Crippen molar-refractivity contribution in [2.24, 2.45) is 0 Å². The fourth-order valence-corrected chi connectivity index (χ4v) is 2.53. The molecule has 0 fully saturated rings. The number of imidazole rings is 1. The van der Waals surface area contributed by atoms with Gasteiger partial charge in [0.05, 0.1) is 12.2 Å². The number of hydrogen-bond acceptors (Lipinski definition) is 2. The Kier molecular flexibility index (Phi) is 4.09. The highest BCUT2D eigenvalue weighted by molar-refractivity contribution is 5.46. The minimum absolute atomic E-state index is 0.0976. The van der Waals surface area contributed by atoms with Gasteiger partial charge in [0, 0.05) is 11.3 Å². The van der Waals surface area contributed by atoms with Gasteiger partial charge in [-0.05, 0) is 5.56 Å². The molecule has 1 unspecified atom stereocenters. The van der Waals surface area contributed by atoms with E-state index < -0.39 is 0 Å². The third-order valence-electron chi connectivity index (χ3n) is 3.67. The lowest BCUT2D eigenvalue weighted by atomic mass is 9.95. The smallest absolute Gasteiger partial charge is 0.128 e. The number of nitrogens with zero attached hydrogens (tertiary/aromatic N) is 2. The van der Waals surface area contributed by atoms with E-state index in [0.29, 0.717) is 12.4 Å². The molecule has 2 rings (SSSR count). The van der Waals surface area contributed by atoms with Crippen LogP contribution in [0.4, 0.5) is 5.82 Å². The minimum Gasteiger partial charge on any atom is -0.383 e. The molecular formula is C18H23N3. The Bertz CT molecular complexity index is 654. The summed E-state index contributed by atoms with van der Waals surface area (Å²) in [4.78, 5) is 4.82. The molecule has 2 aromatic rings. The first-order chi connectivity index (χ1) is 9.86. The van der Waals surface area contributed by atoms with Crippen LogP contribution in [-0.4, -0.2) is 9.55 Å². The van der Waals surface area contributed by atoms with Crippen molar-refractivity contribution >= 4 is 5.82 Å². The van der Waals surface area contributed by atoms with Gasteiger partial charge in [-0.1, -0.05) is 63.9 Å². The van der Waals surface area contributed by atoms with Gasteiger partial charge < -0.3 is 10.3 Å². The van der Waals surface area contributed by atoms with Gasteiger partial charge in [-0.15, -0.1) is 6.42 Å². The number of terminal acetylenes is 1. The van der Waals surface area contributed by atoms with E-state index in [-0.39, 0.29) is 11.3 Å². The van der Waals surface area contributed by atoms with Gasteiger partial charge in [-0.3, -0.25) is 0 Å². The molecule has 0 radical (unpaired) electrons. The summed E-state index contributed by atoms with van der Waals surface area (Å²) in [5.74, 6) is 4.43. The molecule has 0 aliphatic carbocycles. The van der Waals surface area contributed by atoms with E-state index in [0.717, 1.165) is 11.5 Å². The van der Waals surface area contributed by atoms with Crippen molar-refractivity contribution in [3.8, 4) is 12.3 Å². The second kappa shape index (κ2) is 5.65. The molecule has 0 aliphatic heterocycles. The Hall–Kier alpha value is -2.21. The summed E-state index contributed by atoms with van der Waals surface area (Å²) in [5.41, 5.74) is 8.34. The van der Waals surface area contributed by atoms with E-state index in [1.165, 1.54) is 5.56 Å². The van der Waals surface area contributed by atoms with Crippen molar-refractivity contribution in [2.45, 2.75) is 45.6 Å². The zero-order valence-electron chi connectivity index (χ0n) is 13.2. The van der Waals surface area contributed by atoms with Crippen LogP contribution in [0.3, 0.4) is 0 Å². The molecule has 1 atom stereocenters. The average Bonchev–Trinajstić information content (AvgIpc) is 2.77. The van der Waals surface area contributed by atoms with Gasteiger partial charge in [0.2, 0.25) is 0 Å². The minimum atomic E-state index is -0.0976. The van der Waals surface area contributed by atoms with Gasteiger partial charge in [0.1, 0.15) is 11.6 Å². The summed E-state index contributed by atoms with van der Waals surface area (Å²) < 4.78 is 1.95. The highest BCUT2D eigenvalue weighted by atomic mass is 15.1. The first-order valence-corrected chi connectivity index (χ1v) is 7.21. The Morgan fingerprint density at radius 2 is 1.90 bits per heavy atom. The van der Waals surface area contributed by atoms with Crippen LogP contribution >= 0.6 is 0 Å². The molecule has 0 saturated carbocycles. The number of nitrogens with two attached hydrogens (primary N) is 1. The van der Waals surface area contributed by atoms with Crippen LogP contribution in [0.15, 0.2) is 30.3 Å². The molecule has 0 amide bonds. The lowest BCUT2D eigenvalue weighted by Gasteiger charge is -2.19. The predicted octanol–water partition coefficient (Wildman–Crippen LogP) is 3.55. The lowest BCUT2D eigenvalue weighted by molar-refractivity contribution is 0.516. The molecule has 3 heteroatoms. The van der Waals surface area contributed by atoms with Crippen molar-refractivity contribution < 1.29 is 0 Å². The molecule has 21 heavy (non-hydrogen) atoms. The third kappa shape index (κ3) is 2.95. The average molecular weight is 281 g/mol. The van der Waals surface area contributed by atoms with Crippen LogP contribution in [0.1, 0.15) is 50.7 Å². The van der Waals surface area contributed by atoms with Crippen molar-refractivity contribution in [3.63, 3.8) is 0 Å². The van der Waals surface area contributed by atoms with E-state index in [1.807, 2.05) is 22.8 Å². The van der Waals surface area contributed by atoms with Crippen LogP contribution in [0.25, 0.3) is 0 Å². The number of nitrogen functional groups attached to an aromatic ring is 1. The molecular weight excluding hydrogens is 258 g/mol. The quantitative estimate of drug-likeness (QED) is 0.874. The second-order valence-electron chi connectivity index (χ2n) is 6.38. The first kappa shape index (κ1) is 15.2. The molecule has 1 heterocycles. The van der Waals surface area contributed by atoms with Crippen molar-refractivity contribution in [1.82, 2.24) is 9.55 Å². The molecule has 0 bridgehead atoms. The van der Waals surface area contributed by atoms with Crippen molar-refractivity contribution in [3.05, 3.63) is 47.4 Å². The molecule has 1 aromatic heterocycles. The lowest BCUT2D eigenvalue weighted by Crippen LogP contribution is -2.19. The van der Waals surface area contributed by atoms with Gasteiger partial charge in [-0.25, -0.2) is 4.98 Å². The highest BCUT2D eigenvalue weighted by Gasteiger charge is 2.26. The molecule has 110 valence electrons. The number of benzene rings is 1. The number of rotatable bonds is 3. The van der Waals surface area contributed by atoms with E-state index in [4.69, 9.17) is 17.1 Å². The Morgan fingerprint density at radius 1 is 1.29 bits per heavy atom. The maximum absolute atomic E-state index is 6.33. The van der Waals surface area contributed by atoms with Crippen LogP contribution < -0.4 is 5.73 Å².